The van der Waals surface area contributed by atoms with E-state index < -0.39 is 5.97 Å². The van der Waals surface area contributed by atoms with Crippen molar-refractivity contribution in [2.45, 2.75) is 0 Å². The molecule has 2 aromatic heterocycles. The van der Waals surface area contributed by atoms with Crippen LogP contribution in [0.4, 0.5) is 0 Å². The topological polar surface area (TPSA) is 77.2 Å². The molecule has 6 heteroatoms. The summed E-state index contributed by atoms with van der Waals surface area (Å²) in [6, 6.07) is 3.46. The van der Waals surface area contributed by atoms with Crippen LogP contribution in [-0.4, -0.2) is 33.0 Å². The summed E-state index contributed by atoms with van der Waals surface area (Å²) in [7, 11) is 1.49. The van der Waals surface area contributed by atoms with E-state index in [2.05, 4.69) is 10.1 Å². The second-order valence-corrected chi connectivity index (χ2v) is 3.01. The fourth-order valence-corrected chi connectivity index (χ4v) is 1.28. The number of aromatic nitrogens is 3. The molecular weight excluding hydrogens is 210 g/mol. The lowest BCUT2D eigenvalue weighted by molar-refractivity contribution is 0.0697. The summed E-state index contributed by atoms with van der Waals surface area (Å²) in [5.41, 5.74) is 0.711. The number of hydrogen-bond donors (Lipinski definition) is 1. The number of ether oxygens (including phenoxy) is 1. The average molecular weight is 219 g/mol. The lowest BCUT2D eigenvalue weighted by atomic mass is 10.3. The van der Waals surface area contributed by atoms with Gasteiger partial charge >= 0.3 is 5.97 Å². The Balaban J connectivity index is 2.46. The molecule has 0 aliphatic rings. The first-order chi connectivity index (χ1) is 7.72. The van der Waals surface area contributed by atoms with E-state index in [0.717, 1.165) is 0 Å². The van der Waals surface area contributed by atoms with Crippen molar-refractivity contribution in [3.05, 3.63) is 36.3 Å². The number of pyridine rings is 1. The molecule has 0 unspecified atom stereocenters. The lowest BCUT2D eigenvalue weighted by Gasteiger charge is -2.05. The summed E-state index contributed by atoms with van der Waals surface area (Å²) in [4.78, 5) is 14.7. The Morgan fingerprint density at radius 3 is 3.00 bits per heavy atom. The van der Waals surface area contributed by atoms with Gasteiger partial charge in [-0.1, -0.05) is 0 Å². The van der Waals surface area contributed by atoms with Gasteiger partial charge in [-0.15, -0.1) is 0 Å². The molecule has 0 radical (unpaired) electrons. The SMILES string of the molecule is COc1ncccc1-n1cc(C(=O)O)cn1. The summed E-state index contributed by atoms with van der Waals surface area (Å²) in [6.45, 7) is 0. The molecule has 0 spiro atoms. The standard InChI is InChI=1S/C10H9N3O3/c1-16-9-8(3-2-4-11-9)13-6-7(5-12-13)10(14)15/h2-6H,1H3,(H,14,15). The number of aromatic carboxylic acids is 1. The van der Waals surface area contributed by atoms with Crippen LogP contribution in [0.1, 0.15) is 10.4 Å². The van der Waals surface area contributed by atoms with E-state index in [9.17, 15) is 4.79 Å². The van der Waals surface area contributed by atoms with Gasteiger partial charge in [0.15, 0.2) is 0 Å². The fourth-order valence-electron chi connectivity index (χ4n) is 1.28. The normalized spacial score (nSPS) is 10.1. The molecule has 2 aromatic rings. The van der Waals surface area contributed by atoms with Gasteiger partial charge in [-0.25, -0.2) is 14.5 Å². The highest BCUT2D eigenvalue weighted by Gasteiger charge is 2.10. The first-order valence-corrected chi connectivity index (χ1v) is 4.49. The van der Waals surface area contributed by atoms with Gasteiger partial charge in [-0.05, 0) is 12.1 Å². The number of nitrogens with zero attached hydrogens (tertiary/aromatic N) is 3. The molecule has 0 atom stereocenters. The van der Waals surface area contributed by atoms with Gasteiger partial charge in [0.05, 0.1) is 18.9 Å². The van der Waals surface area contributed by atoms with Crippen LogP contribution in [0.5, 0.6) is 5.88 Å². The zero-order valence-corrected chi connectivity index (χ0v) is 8.49. The minimum atomic E-state index is -1.02. The van der Waals surface area contributed by atoms with Gasteiger partial charge in [0.1, 0.15) is 5.69 Å². The summed E-state index contributed by atoms with van der Waals surface area (Å²) in [5, 5.41) is 12.7. The van der Waals surface area contributed by atoms with E-state index in [0.29, 0.717) is 11.6 Å². The number of carboxylic acid groups (broad SMARTS) is 1. The van der Waals surface area contributed by atoms with Crippen LogP contribution in [0.15, 0.2) is 30.7 Å². The molecule has 2 heterocycles. The van der Waals surface area contributed by atoms with Crippen molar-refractivity contribution in [1.82, 2.24) is 14.8 Å². The van der Waals surface area contributed by atoms with Gasteiger partial charge < -0.3 is 9.84 Å². The first kappa shape index (κ1) is 10.2. The van der Waals surface area contributed by atoms with Gasteiger partial charge in [-0.2, -0.15) is 5.10 Å². The van der Waals surface area contributed by atoms with E-state index in [1.54, 1.807) is 18.3 Å². The number of carbonyl (C=O) groups is 1. The van der Waals surface area contributed by atoms with E-state index in [1.807, 2.05) is 0 Å². The summed E-state index contributed by atoms with van der Waals surface area (Å²) in [6.07, 6.45) is 4.26. The monoisotopic (exact) mass is 219 g/mol. The lowest BCUT2D eigenvalue weighted by Crippen LogP contribution is -2.00. The van der Waals surface area contributed by atoms with Gasteiger partial charge in [-0.3, -0.25) is 0 Å². The Morgan fingerprint density at radius 2 is 2.38 bits per heavy atom. The van der Waals surface area contributed by atoms with E-state index in [4.69, 9.17) is 9.84 Å². The first-order valence-electron chi connectivity index (χ1n) is 4.49. The summed E-state index contributed by atoms with van der Waals surface area (Å²) in [5.74, 6) is -0.628. The second-order valence-electron chi connectivity index (χ2n) is 3.01. The molecule has 0 aromatic carbocycles. The molecule has 6 nitrogen and oxygen atoms in total. The summed E-state index contributed by atoms with van der Waals surface area (Å²) < 4.78 is 6.46. The minimum Gasteiger partial charge on any atom is -0.479 e. The molecule has 2 rings (SSSR count). The molecular formula is C10H9N3O3. The highest BCUT2D eigenvalue weighted by atomic mass is 16.5. The Kier molecular flexibility index (Phi) is 2.55. The number of methoxy groups -OCH3 is 1. The predicted octanol–water partition coefficient (Wildman–Crippen LogP) is 0.974. The number of rotatable bonds is 3. The van der Waals surface area contributed by atoms with Crippen LogP contribution in [0, 0.1) is 0 Å². The third-order valence-corrected chi connectivity index (χ3v) is 2.02. The molecule has 82 valence electrons. The molecule has 0 saturated heterocycles. The van der Waals surface area contributed by atoms with Crippen molar-refractivity contribution in [3.8, 4) is 11.6 Å². The van der Waals surface area contributed by atoms with Crippen molar-refractivity contribution in [2.75, 3.05) is 7.11 Å². The van der Waals surface area contributed by atoms with Crippen LogP contribution in [-0.2, 0) is 0 Å². The third-order valence-electron chi connectivity index (χ3n) is 2.02. The number of carboxylic acids is 1. The molecule has 0 aliphatic heterocycles. The highest BCUT2D eigenvalue weighted by molar-refractivity contribution is 5.87. The second kappa shape index (κ2) is 4.01. The maximum absolute atomic E-state index is 10.7. The van der Waals surface area contributed by atoms with E-state index in [-0.39, 0.29) is 5.56 Å². The quantitative estimate of drug-likeness (QED) is 0.832. The van der Waals surface area contributed by atoms with Crippen LogP contribution in [0.25, 0.3) is 5.69 Å². The van der Waals surface area contributed by atoms with E-state index in [1.165, 1.54) is 24.2 Å². The van der Waals surface area contributed by atoms with Gasteiger partial charge in [0, 0.05) is 12.4 Å². The Labute approximate surface area is 91.1 Å². The average Bonchev–Trinajstić information content (AvgIpc) is 2.78. The van der Waals surface area contributed by atoms with Crippen LogP contribution in [0.3, 0.4) is 0 Å². The van der Waals surface area contributed by atoms with Crippen molar-refractivity contribution < 1.29 is 14.6 Å². The van der Waals surface area contributed by atoms with Gasteiger partial charge in [0.2, 0.25) is 5.88 Å². The van der Waals surface area contributed by atoms with Crippen molar-refractivity contribution in [3.63, 3.8) is 0 Å². The molecule has 0 amide bonds. The van der Waals surface area contributed by atoms with Crippen LogP contribution in [0.2, 0.25) is 0 Å². The van der Waals surface area contributed by atoms with Crippen LogP contribution >= 0.6 is 0 Å². The van der Waals surface area contributed by atoms with Crippen molar-refractivity contribution in [1.29, 1.82) is 0 Å². The molecule has 0 bridgehead atoms. The maximum Gasteiger partial charge on any atom is 0.338 e. The molecule has 0 fully saturated rings. The maximum atomic E-state index is 10.7. The molecule has 0 saturated carbocycles. The van der Waals surface area contributed by atoms with Crippen molar-refractivity contribution in [2.24, 2.45) is 0 Å². The van der Waals surface area contributed by atoms with Crippen LogP contribution < -0.4 is 4.74 Å². The zero-order valence-electron chi connectivity index (χ0n) is 8.49. The Bertz CT molecular complexity index is 522. The summed E-state index contributed by atoms with van der Waals surface area (Å²) >= 11 is 0. The Hall–Kier alpha value is -2.37. The van der Waals surface area contributed by atoms with E-state index >= 15 is 0 Å². The third kappa shape index (κ3) is 1.72. The smallest absolute Gasteiger partial charge is 0.338 e. The number of hydrogen-bond acceptors (Lipinski definition) is 4. The van der Waals surface area contributed by atoms with Gasteiger partial charge in [0.25, 0.3) is 0 Å². The Morgan fingerprint density at radius 1 is 1.56 bits per heavy atom. The largest absolute Gasteiger partial charge is 0.479 e. The molecule has 1 N–H and O–H groups in total. The zero-order chi connectivity index (χ0) is 11.5. The molecule has 0 aliphatic carbocycles. The van der Waals surface area contributed by atoms with Crippen molar-refractivity contribution >= 4 is 5.97 Å². The predicted molar refractivity (Wildman–Crippen MR) is 54.9 cm³/mol. The highest BCUT2D eigenvalue weighted by Crippen LogP contribution is 2.18. The minimum absolute atomic E-state index is 0.117. The molecule has 16 heavy (non-hydrogen) atoms. The fraction of sp³-hybridized carbons (Fsp3) is 0.100.